The topological polar surface area (TPSA) is 67.2 Å². The summed E-state index contributed by atoms with van der Waals surface area (Å²) in [5.74, 6) is -0.0949. The van der Waals surface area contributed by atoms with Crippen molar-refractivity contribution < 1.29 is 9.90 Å². The van der Waals surface area contributed by atoms with Crippen LogP contribution in [0.15, 0.2) is 42.7 Å². The van der Waals surface area contributed by atoms with Crippen molar-refractivity contribution in [1.82, 2.24) is 15.1 Å². The summed E-state index contributed by atoms with van der Waals surface area (Å²) in [5.41, 5.74) is 1.54. The number of carbonyl (C=O) groups is 1. The summed E-state index contributed by atoms with van der Waals surface area (Å²) in [6, 6.07) is 9.20. The maximum atomic E-state index is 12.0. The van der Waals surface area contributed by atoms with E-state index in [1.165, 1.54) is 0 Å². The van der Waals surface area contributed by atoms with E-state index in [2.05, 4.69) is 10.4 Å². The average molecular weight is 273 g/mol. The van der Waals surface area contributed by atoms with Gasteiger partial charge in [-0.3, -0.25) is 4.79 Å². The summed E-state index contributed by atoms with van der Waals surface area (Å²) >= 11 is 0. The molecule has 1 unspecified atom stereocenters. The van der Waals surface area contributed by atoms with E-state index in [-0.39, 0.29) is 18.6 Å². The maximum absolute atomic E-state index is 12.0. The van der Waals surface area contributed by atoms with Gasteiger partial charge in [-0.2, -0.15) is 5.10 Å². The number of carbonyl (C=O) groups excluding carboxylic acids is 1. The van der Waals surface area contributed by atoms with Crippen molar-refractivity contribution in [1.29, 1.82) is 0 Å². The summed E-state index contributed by atoms with van der Waals surface area (Å²) in [6.07, 6.45) is 5.03. The van der Waals surface area contributed by atoms with Gasteiger partial charge in [-0.1, -0.05) is 0 Å². The Balaban J connectivity index is 1.97. The van der Waals surface area contributed by atoms with E-state index in [1.54, 1.807) is 23.0 Å². The molecule has 0 aliphatic carbocycles. The minimum Gasteiger partial charge on any atom is -0.396 e. The van der Waals surface area contributed by atoms with Crippen LogP contribution in [0.1, 0.15) is 30.1 Å². The lowest BCUT2D eigenvalue weighted by molar-refractivity contribution is 0.0936. The first-order valence-electron chi connectivity index (χ1n) is 6.72. The number of aromatic nitrogens is 2. The number of hydrogen-bond donors (Lipinski definition) is 2. The lowest BCUT2D eigenvalue weighted by Crippen LogP contribution is -2.32. The fourth-order valence-electron chi connectivity index (χ4n) is 1.96. The van der Waals surface area contributed by atoms with Gasteiger partial charge in [0, 0.05) is 30.6 Å². The summed E-state index contributed by atoms with van der Waals surface area (Å²) in [5, 5.41) is 15.8. The first kappa shape index (κ1) is 14.3. The molecule has 20 heavy (non-hydrogen) atoms. The number of aliphatic hydroxyl groups excluding tert-OH is 1. The zero-order chi connectivity index (χ0) is 14.4. The van der Waals surface area contributed by atoms with Gasteiger partial charge in [-0.25, -0.2) is 4.68 Å². The van der Waals surface area contributed by atoms with Crippen molar-refractivity contribution in [3.8, 4) is 5.69 Å². The minimum absolute atomic E-state index is 0.0560. The molecule has 0 radical (unpaired) electrons. The second kappa shape index (κ2) is 6.86. The van der Waals surface area contributed by atoms with Gasteiger partial charge in [0.15, 0.2) is 0 Å². The lowest BCUT2D eigenvalue weighted by atomic mass is 10.1. The third kappa shape index (κ3) is 3.68. The predicted molar refractivity (Wildman–Crippen MR) is 76.8 cm³/mol. The van der Waals surface area contributed by atoms with Crippen molar-refractivity contribution in [2.24, 2.45) is 0 Å². The van der Waals surface area contributed by atoms with Crippen LogP contribution in [0, 0.1) is 0 Å². The molecule has 0 fully saturated rings. The Bertz CT molecular complexity index is 535. The van der Waals surface area contributed by atoms with Crippen LogP contribution in [0.2, 0.25) is 0 Å². The van der Waals surface area contributed by atoms with Crippen molar-refractivity contribution in [3.63, 3.8) is 0 Å². The standard InChI is InChI=1S/C15H19N3O2/c1-12(4-2-11-19)17-15(20)13-5-7-14(8-6-13)18-10-3-9-16-18/h3,5-10,12,19H,2,4,11H2,1H3,(H,17,20). The highest BCUT2D eigenvalue weighted by atomic mass is 16.3. The van der Waals surface area contributed by atoms with E-state index in [1.807, 2.05) is 31.3 Å². The Hall–Kier alpha value is -2.14. The van der Waals surface area contributed by atoms with Gasteiger partial charge in [0.1, 0.15) is 0 Å². The smallest absolute Gasteiger partial charge is 0.251 e. The summed E-state index contributed by atoms with van der Waals surface area (Å²) in [6.45, 7) is 2.09. The highest BCUT2D eigenvalue weighted by molar-refractivity contribution is 5.94. The van der Waals surface area contributed by atoms with Crippen LogP contribution in [-0.4, -0.2) is 33.4 Å². The van der Waals surface area contributed by atoms with Crippen molar-refractivity contribution in [2.75, 3.05) is 6.61 Å². The molecule has 0 aliphatic heterocycles. The first-order chi connectivity index (χ1) is 9.70. The van der Waals surface area contributed by atoms with Crippen LogP contribution in [-0.2, 0) is 0 Å². The average Bonchev–Trinajstić information content (AvgIpc) is 2.99. The van der Waals surface area contributed by atoms with Gasteiger partial charge < -0.3 is 10.4 Å². The number of nitrogens with one attached hydrogen (secondary N) is 1. The zero-order valence-corrected chi connectivity index (χ0v) is 11.5. The SMILES string of the molecule is CC(CCCO)NC(=O)c1ccc(-n2cccn2)cc1. The van der Waals surface area contributed by atoms with Crippen LogP contribution in [0.4, 0.5) is 0 Å². The second-order valence-electron chi connectivity index (χ2n) is 4.74. The number of amides is 1. The number of benzene rings is 1. The Kier molecular flexibility index (Phi) is 4.90. The molecule has 1 amide bonds. The van der Waals surface area contributed by atoms with Crippen molar-refractivity contribution in [3.05, 3.63) is 48.3 Å². The second-order valence-corrected chi connectivity index (χ2v) is 4.74. The molecule has 1 atom stereocenters. The molecule has 1 heterocycles. The molecule has 5 heteroatoms. The van der Waals surface area contributed by atoms with Crippen molar-refractivity contribution >= 4 is 5.91 Å². The predicted octanol–water partition coefficient (Wildman–Crippen LogP) is 1.76. The van der Waals surface area contributed by atoms with Crippen LogP contribution >= 0.6 is 0 Å². The fourth-order valence-corrected chi connectivity index (χ4v) is 1.96. The first-order valence-corrected chi connectivity index (χ1v) is 6.72. The van der Waals surface area contributed by atoms with Gasteiger partial charge >= 0.3 is 0 Å². The number of nitrogens with zero attached hydrogens (tertiary/aromatic N) is 2. The largest absolute Gasteiger partial charge is 0.396 e. The molecule has 106 valence electrons. The van der Waals surface area contributed by atoms with Gasteiger partial charge in [-0.05, 0) is 50.1 Å². The quantitative estimate of drug-likeness (QED) is 0.842. The molecule has 2 rings (SSSR count). The Morgan fingerprint density at radius 3 is 2.75 bits per heavy atom. The molecule has 0 saturated heterocycles. The van der Waals surface area contributed by atoms with E-state index in [4.69, 9.17) is 5.11 Å². The maximum Gasteiger partial charge on any atom is 0.251 e. The molecule has 5 nitrogen and oxygen atoms in total. The van der Waals surface area contributed by atoms with Crippen molar-refractivity contribution in [2.45, 2.75) is 25.8 Å². The molecule has 0 bridgehead atoms. The third-order valence-corrected chi connectivity index (χ3v) is 3.07. The molecule has 1 aromatic heterocycles. The van der Waals surface area contributed by atoms with Crippen LogP contribution in [0.3, 0.4) is 0 Å². The van der Waals surface area contributed by atoms with Crippen LogP contribution in [0.5, 0.6) is 0 Å². The molecular formula is C15H19N3O2. The summed E-state index contributed by atoms with van der Waals surface area (Å²) < 4.78 is 1.74. The van der Waals surface area contributed by atoms with E-state index in [0.717, 1.165) is 12.1 Å². The van der Waals surface area contributed by atoms with E-state index in [0.29, 0.717) is 12.0 Å². The molecule has 1 aromatic carbocycles. The van der Waals surface area contributed by atoms with E-state index < -0.39 is 0 Å². The van der Waals surface area contributed by atoms with Crippen LogP contribution in [0.25, 0.3) is 5.69 Å². The Morgan fingerprint density at radius 1 is 1.40 bits per heavy atom. The summed E-state index contributed by atoms with van der Waals surface area (Å²) in [7, 11) is 0. The molecular weight excluding hydrogens is 254 g/mol. The highest BCUT2D eigenvalue weighted by Crippen LogP contribution is 2.09. The highest BCUT2D eigenvalue weighted by Gasteiger charge is 2.09. The minimum atomic E-state index is -0.0949. The van der Waals surface area contributed by atoms with E-state index >= 15 is 0 Å². The Morgan fingerprint density at radius 2 is 2.15 bits per heavy atom. The molecule has 0 saturated carbocycles. The fraction of sp³-hybridized carbons (Fsp3) is 0.333. The number of rotatable bonds is 6. The van der Waals surface area contributed by atoms with Gasteiger partial charge in [0.2, 0.25) is 0 Å². The summed E-state index contributed by atoms with van der Waals surface area (Å²) in [4.78, 5) is 12.0. The molecule has 0 aliphatic rings. The van der Waals surface area contributed by atoms with Gasteiger partial charge in [0.05, 0.1) is 5.69 Å². The molecule has 2 N–H and O–H groups in total. The van der Waals surface area contributed by atoms with Crippen LogP contribution < -0.4 is 5.32 Å². The molecule has 2 aromatic rings. The monoisotopic (exact) mass is 273 g/mol. The van der Waals surface area contributed by atoms with Gasteiger partial charge in [0.25, 0.3) is 5.91 Å². The van der Waals surface area contributed by atoms with Gasteiger partial charge in [-0.15, -0.1) is 0 Å². The zero-order valence-electron chi connectivity index (χ0n) is 11.5. The normalized spacial score (nSPS) is 12.1. The Labute approximate surface area is 118 Å². The third-order valence-electron chi connectivity index (χ3n) is 3.07. The lowest BCUT2D eigenvalue weighted by Gasteiger charge is -2.13. The number of aliphatic hydroxyl groups is 1. The number of hydrogen-bond acceptors (Lipinski definition) is 3. The van der Waals surface area contributed by atoms with E-state index in [9.17, 15) is 4.79 Å². The molecule has 0 spiro atoms.